The molecule has 21 heavy (non-hydrogen) atoms. The summed E-state index contributed by atoms with van der Waals surface area (Å²) in [4.78, 5) is 0. The Morgan fingerprint density at radius 3 is 2.76 bits per heavy atom. The van der Waals surface area contributed by atoms with Crippen LogP contribution in [0.5, 0.6) is 5.75 Å². The number of hydrogen-bond acceptors (Lipinski definition) is 4. The highest BCUT2D eigenvalue weighted by Crippen LogP contribution is 2.28. The molecule has 1 aromatic carbocycles. The van der Waals surface area contributed by atoms with Crippen LogP contribution < -0.4 is 10.1 Å². The molecule has 1 saturated carbocycles. The number of aliphatic hydroxyl groups is 2. The molecule has 1 unspecified atom stereocenters. The molecule has 1 fully saturated rings. The third-order valence-electron chi connectivity index (χ3n) is 3.94. The SMILES string of the molecule is Cc1cc(OCC(O)CNCC2(O)CCCC2)ccc1Cl. The number of halogens is 1. The van der Waals surface area contributed by atoms with Gasteiger partial charge in [-0.15, -0.1) is 0 Å². The fraction of sp³-hybridized carbons (Fsp3) is 0.625. The van der Waals surface area contributed by atoms with E-state index in [0.29, 0.717) is 23.9 Å². The van der Waals surface area contributed by atoms with Gasteiger partial charge in [-0.2, -0.15) is 0 Å². The minimum absolute atomic E-state index is 0.215. The molecule has 0 aromatic heterocycles. The van der Waals surface area contributed by atoms with Gasteiger partial charge >= 0.3 is 0 Å². The zero-order chi connectivity index (χ0) is 15.3. The first kappa shape index (κ1) is 16.6. The minimum Gasteiger partial charge on any atom is -0.491 e. The molecule has 0 spiro atoms. The van der Waals surface area contributed by atoms with Gasteiger partial charge in [0.25, 0.3) is 0 Å². The third kappa shape index (κ3) is 5.15. The highest BCUT2D eigenvalue weighted by molar-refractivity contribution is 6.31. The Labute approximate surface area is 131 Å². The summed E-state index contributed by atoms with van der Waals surface area (Å²) in [6, 6.07) is 5.42. The molecule has 4 nitrogen and oxygen atoms in total. The van der Waals surface area contributed by atoms with Crippen LogP contribution in [0.15, 0.2) is 18.2 Å². The molecule has 1 aliphatic rings. The van der Waals surface area contributed by atoms with Gasteiger partial charge in [0, 0.05) is 18.1 Å². The van der Waals surface area contributed by atoms with Crippen LogP contribution in [-0.4, -0.2) is 41.6 Å². The number of rotatable bonds is 7. The van der Waals surface area contributed by atoms with E-state index in [1.807, 2.05) is 13.0 Å². The summed E-state index contributed by atoms with van der Waals surface area (Å²) in [5.74, 6) is 0.699. The molecule has 118 valence electrons. The van der Waals surface area contributed by atoms with Crippen molar-refractivity contribution in [3.8, 4) is 5.75 Å². The van der Waals surface area contributed by atoms with Gasteiger partial charge in [-0.05, 0) is 43.5 Å². The zero-order valence-corrected chi connectivity index (χ0v) is 13.2. The van der Waals surface area contributed by atoms with Gasteiger partial charge in [-0.3, -0.25) is 0 Å². The molecule has 1 atom stereocenters. The number of nitrogens with one attached hydrogen (secondary N) is 1. The smallest absolute Gasteiger partial charge is 0.119 e. The van der Waals surface area contributed by atoms with Crippen molar-refractivity contribution in [3.63, 3.8) is 0 Å². The van der Waals surface area contributed by atoms with E-state index in [2.05, 4.69) is 5.32 Å². The number of aliphatic hydroxyl groups excluding tert-OH is 1. The monoisotopic (exact) mass is 313 g/mol. The fourth-order valence-corrected chi connectivity index (χ4v) is 2.76. The number of ether oxygens (including phenoxy) is 1. The highest BCUT2D eigenvalue weighted by atomic mass is 35.5. The van der Waals surface area contributed by atoms with E-state index in [4.69, 9.17) is 16.3 Å². The topological polar surface area (TPSA) is 61.7 Å². The summed E-state index contributed by atoms with van der Waals surface area (Å²) in [6.07, 6.45) is 3.25. The van der Waals surface area contributed by atoms with Gasteiger partial charge in [-0.1, -0.05) is 24.4 Å². The largest absolute Gasteiger partial charge is 0.491 e. The Hall–Kier alpha value is -0.810. The van der Waals surface area contributed by atoms with Crippen LogP contribution in [0.1, 0.15) is 31.2 Å². The van der Waals surface area contributed by atoms with Crippen molar-refractivity contribution in [2.24, 2.45) is 0 Å². The van der Waals surface area contributed by atoms with E-state index in [9.17, 15) is 10.2 Å². The van der Waals surface area contributed by atoms with Crippen molar-refractivity contribution in [3.05, 3.63) is 28.8 Å². The quantitative estimate of drug-likeness (QED) is 0.723. The van der Waals surface area contributed by atoms with Gasteiger partial charge in [0.05, 0.1) is 5.60 Å². The third-order valence-corrected chi connectivity index (χ3v) is 4.36. The van der Waals surface area contributed by atoms with Crippen LogP contribution in [0.3, 0.4) is 0 Å². The average Bonchev–Trinajstić information content (AvgIpc) is 2.87. The number of aryl methyl sites for hydroxylation is 1. The maximum atomic E-state index is 10.2. The molecule has 0 saturated heterocycles. The van der Waals surface area contributed by atoms with E-state index in [0.717, 1.165) is 31.2 Å². The molecule has 3 N–H and O–H groups in total. The van der Waals surface area contributed by atoms with Gasteiger partial charge in [-0.25, -0.2) is 0 Å². The van der Waals surface area contributed by atoms with Crippen LogP contribution in [0.2, 0.25) is 5.02 Å². The van der Waals surface area contributed by atoms with Crippen molar-refractivity contribution in [1.29, 1.82) is 0 Å². The molecule has 5 heteroatoms. The highest BCUT2D eigenvalue weighted by Gasteiger charge is 2.30. The Balaban J connectivity index is 1.67. The molecule has 0 bridgehead atoms. The van der Waals surface area contributed by atoms with E-state index in [-0.39, 0.29) is 6.61 Å². The minimum atomic E-state index is -0.606. The van der Waals surface area contributed by atoms with E-state index in [1.54, 1.807) is 12.1 Å². The van der Waals surface area contributed by atoms with E-state index >= 15 is 0 Å². The van der Waals surface area contributed by atoms with Crippen molar-refractivity contribution in [2.75, 3.05) is 19.7 Å². The Morgan fingerprint density at radius 2 is 2.10 bits per heavy atom. The predicted octanol–water partition coefficient (Wildman–Crippen LogP) is 2.28. The number of hydrogen-bond donors (Lipinski definition) is 3. The normalized spacial score (nSPS) is 18.7. The first-order chi connectivity index (χ1) is 9.98. The summed E-state index contributed by atoms with van der Waals surface area (Å²) in [5, 5.41) is 23.9. The summed E-state index contributed by atoms with van der Waals surface area (Å²) in [5.41, 5.74) is 0.360. The Bertz CT molecular complexity index is 461. The molecular weight excluding hydrogens is 290 g/mol. The average molecular weight is 314 g/mol. The summed E-state index contributed by atoms with van der Waals surface area (Å²) in [6.45, 7) is 3.07. The van der Waals surface area contributed by atoms with Crippen LogP contribution in [0.25, 0.3) is 0 Å². The van der Waals surface area contributed by atoms with Crippen LogP contribution in [0.4, 0.5) is 0 Å². The van der Waals surface area contributed by atoms with E-state index in [1.165, 1.54) is 0 Å². The van der Waals surface area contributed by atoms with Crippen molar-refractivity contribution >= 4 is 11.6 Å². The summed E-state index contributed by atoms with van der Waals surface area (Å²) in [7, 11) is 0. The summed E-state index contributed by atoms with van der Waals surface area (Å²) < 4.78 is 5.54. The van der Waals surface area contributed by atoms with Crippen molar-refractivity contribution < 1.29 is 14.9 Å². The molecule has 0 heterocycles. The zero-order valence-electron chi connectivity index (χ0n) is 12.4. The van der Waals surface area contributed by atoms with Crippen molar-refractivity contribution in [1.82, 2.24) is 5.32 Å². The van der Waals surface area contributed by atoms with Crippen LogP contribution in [0, 0.1) is 6.92 Å². The lowest BCUT2D eigenvalue weighted by Gasteiger charge is -2.23. The lowest BCUT2D eigenvalue weighted by molar-refractivity contribution is 0.0406. The Kier molecular flexibility index (Phi) is 5.88. The predicted molar refractivity (Wildman–Crippen MR) is 84.0 cm³/mol. The number of benzene rings is 1. The first-order valence-corrected chi connectivity index (χ1v) is 7.86. The standard InChI is InChI=1S/C16H24ClNO3/c1-12-8-14(4-5-15(12)17)21-10-13(19)9-18-11-16(20)6-2-3-7-16/h4-5,8,13,18-20H,2-3,6-7,9-11H2,1H3. The second kappa shape index (κ2) is 7.45. The van der Waals surface area contributed by atoms with Gasteiger partial charge in [0.2, 0.25) is 0 Å². The molecule has 0 radical (unpaired) electrons. The lowest BCUT2D eigenvalue weighted by atomic mass is 10.0. The maximum Gasteiger partial charge on any atom is 0.119 e. The van der Waals surface area contributed by atoms with Crippen LogP contribution in [-0.2, 0) is 0 Å². The second-order valence-corrected chi connectivity index (χ2v) is 6.35. The molecule has 1 aromatic rings. The molecule has 0 amide bonds. The first-order valence-electron chi connectivity index (χ1n) is 7.49. The molecule has 0 aliphatic heterocycles. The molecule has 1 aliphatic carbocycles. The maximum absolute atomic E-state index is 10.2. The fourth-order valence-electron chi connectivity index (χ4n) is 2.64. The Morgan fingerprint density at radius 1 is 1.38 bits per heavy atom. The van der Waals surface area contributed by atoms with Gasteiger partial charge < -0.3 is 20.3 Å². The summed E-state index contributed by atoms with van der Waals surface area (Å²) >= 11 is 5.95. The van der Waals surface area contributed by atoms with Crippen molar-refractivity contribution in [2.45, 2.75) is 44.3 Å². The second-order valence-electron chi connectivity index (χ2n) is 5.94. The lowest BCUT2D eigenvalue weighted by Crippen LogP contribution is -2.42. The van der Waals surface area contributed by atoms with Crippen LogP contribution >= 0.6 is 11.6 Å². The van der Waals surface area contributed by atoms with Gasteiger partial charge in [0.1, 0.15) is 18.5 Å². The van der Waals surface area contributed by atoms with E-state index < -0.39 is 11.7 Å². The molecule has 2 rings (SSSR count). The van der Waals surface area contributed by atoms with Gasteiger partial charge in [0.15, 0.2) is 0 Å². The molecular formula is C16H24ClNO3.